The molecule has 0 aromatic rings. The lowest BCUT2D eigenvalue weighted by Gasteiger charge is -2.41. The number of nitrogens with one attached hydrogen (secondary N) is 2. The van der Waals surface area contributed by atoms with Crippen LogP contribution in [0.25, 0.3) is 0 Å². The molecule has 17 heavy (non-hydrogen) atoms. The van der Waals surface area contributed by atoms with Gasteiger partial charge >= 0.3 is 5.97 Å². The summed E-state index contributed by atoms with van der Waals surface area (Å²) in [7, 11) is 0. The molecular weight excluding hydrogens is 218 g/mol. The van der Waals surface area contributed by atoms with Crippen LogP contribution in [0.5, 0.6) is 0 Å². The van der Waals surface area contributed by atoms with Gasteiger partial charge in [0.1, 0.15) is 6.04 Å². The number of piperazine rings is 1. The van der Waals surface area contributed by atoms with Crippen LogP contribution in [-0.4, -0.2) is 62.3 Å². The van der Waals surface area contributed by atoms with Crippen LogP contribution in [0.1, 0.15) is 19.8 Å². The van der Waals surface area contributed by atoms with Gasteiger partial charge in [0.25, 0.3) is 0 Å². The average Bonchev–Trinajstić information content (AvgIpc) is 2.40. The van der Waals surface area contributed by atoms with E-state index in [0.717, 1.165) is 45.6 Å². The number of rotatable bonds is 3. The summed E-state index contributed by atoms with van der Waals surface area (Å²) in [5.41, 5.74) is 0. The summed E-state index contributed by atoms with van der Waals surface area (Å²) in [6.45, 7) is 7.10. The topological polar surface area (TPSA) is 53.6 Å². The number of carbonyl (C=O) groups excluding carboxylic acids is 1. The van der Waals surface area contributed by atoms with Gasteiger partial charge in [-0.3, -0.25) is 9.69 Å². The number of carbonyl (C=O) groups is 1. The van der Waals surface area contributed by atoms with Crippen LogP contribution < -0.4 is 10.6 Å². The molecule has 1 unspecified atom stereocenters. The summed E-state index contributed by atoms with van der Waals surface area (Å²) < 4.78 is 5.17. The van der Waals surface area contributed by atoms with E-state index in [9.17, 15) is 4.79 Å². The molecule has 0 aliphatic carbocycles. The fourth-order valence-electron chi connectivity index (χ4n) is 2.75. The number of nitrogens with zero attached hydrogens (tertiary/aromatic N) is 1. The van der Waals surface area contributed by atoms with E-state index in [1.807, 2.05) is 6.92 Å². The molecular formula is C12H23N3O2. The Morgan fingerprint density at radius 1 is 1.29 bits per heavy atom. The van der Waals surface area contributed by atoms with Crippen molar-refractivity contribution in [2.45, 2.75) is 31.8 Å². The molecule has 98 valence electrons. The van der Waals surface area contributed by atoms with E-state index in [0.29, 0.717) is 12.6 Å². The summed E-state index contributed by atoms with van der Waals surface area (Å²) in [6, 6.07) is 0.444. The van der Waals surface area contributed by atoms with E-state index in [2.05, 4.69) is 15.5 Å². The fourth-order valence-corrected chi connectivity index (χ4v) is 2.75. The van der Waals surface area contributed by atoms with E-state index in [-0.39, 0.29) is 12.0 Å². The highest BCUT2D eigenvalue weighted by Crippen LogP contribution is 2.17. The summed E-state index contributed by atoms with van der Waals surface area (Å²) in [5, 5.41) is 6.65. The molecule has 0 bridgehead atoms. The maximum Gasteiger partial charge on any atom is 0.324 e. The second-order valence-corrected chi connectivity index (χ2v) is 4.69. The highest BCUT2D eigenvalue weighted by atomic mass is 16.5. The maximum absolute atomic E-state index is 11.9. The van der Waals surface area contributed by atoms with Gasteiger partial charge in [0.15, 0.2) is 0 Å². The first-order valence-corrected chi connectivity index (χ1v) is 6.66. The third-order valence-electron chi connectivity index (χ3n) is 3.62. The van der Waals surface area contributed by atoms with Crippen molar-refractivity contribution in [1.29, 1.82) is 0 Å². The Balaban J connectivity index is 1.97. The lowest BCUT2D eigenvalue weighted by molar-refractivity contribution is -0.151. The summed E-state index contributed by atoms with van der Waals surface area (Å²) in [5.74, 6) is -0.0711. The second-order valence-electron chi connectivity index (χ2n) is 4.69. The number of ether oxygens (including phenoxy) is 1. The van der Waals surface area contributed by atoms with Gasteiger partial charge in [-0.15, -0.1) is 0 Å². The fraction of sp³-hybridized carbons (Fsp3) is 0.917. The molecule has 2 saturated heterocycles. The van der Waals surface area contributed by atoms with Gasteiger partial charge in [-0.25, -0.2) is 0 Å². The van der Waals surface area contributed by atoms with Crippen molar-refractivity contribution in [3.8, 4) is 0 Å². The van der Waals surface area contributed by atoms with E-state index < -0.39 is 0 Å². The highest BCUT2D eigenvalue weighted by molar-refractivity contribution is 5.76. The lowest BCUT2D eigenvalue weighted by atomic mass is 10.0. The number of esters is 1. The zero-order chi connectivity index (χ0) is 12.1. The summed E-state index contributed by atoms with van der Waals surface area (Å²) >= 11 is 0. The molecule has 0 aromatic heterocycles. The molecule has 0 spiro atoms. The van der Waals surface area contributed by atoms with Gasteiger partial charge in [-0.05, 0) is 32.9 Å². The zero-order valence-corrected chi connectivity index (χ0v) is 10.6. The molecule has 2 aliphatic heterocycles. The zero-order valence-electron chi connectivity index (χ0n) is 10.6. The van der Waals surface area contributed by atoms with Crippen molar-refractivity contribution in [3.63, 3.8) is 0 Å². The van der Waals surface area contributed by atoms with Crippen molar-refractivity contribution < 1.29 is 9.53 Å². The van der Waals surface area contributed by atoms with Crippen molar-refractivity contribution >= 4 is 5.97 Å². The monoisotopic (exact) mass is 241 g/mol. The normalized spacial score (nSPS) is 27.9. The summed E-state index contributed by atoms with van der Waals surface area (Å²) in [6.07, 6.45) is 2.27. The van der Waals surface area contributed by atoms with Crippen LogP contribution >= 0.6 is 0 Å². The minimum Gasteiger partial charge on any atom is -0.465 e. The minimum atomic E-state index is -0.0909. The van der Waals surface area contributed by atoms with E-state index in [1.165, 1.54) is 0 Å². The first-order chi connectivity index (χ1) is 8.33. The molecule has 5 nitrogen and oxygen atoms in total. The van der Waals surface area contributed by atoms with Gasteiger partial charge in [-0.2, -0.15) is 0 Å². The van der Waals surface area contributed by atoms with E-state index >= 15 is 0 Å². The third kappa shape index (κ3) is 3.18. The Morgan fingerprint density at radius 3 is 2.76 bits per heavy atom. The molecule has 5 heteroatoms. The minimum absolute atomic E-state index is 0.0711. The smallest absolute Gasteiger partial charge is 0.324 e. The van der Waals surface area contributed by atoms with E-state index in [4.69, 9.17) is 4.74 Å². The number of hydrogen-bond donors (Lipinski definition) is 2. The van der Waals surface area contributed by atoms with Gasteiger partial charge in [0, 0.05) is 25.7 Å². The molecule has 1 atom stereocenters. The molecule has 0 amide bonds. The standard InChI is InChI=1S/C12H23N3O2/c1-2-17-12(16)11-9-14-7-8-15(11)10-3-5-13-6-4-10/h10-11,13-14H,2-9H2,1H3. The molecule has 2 heterocycles. The lowest BCUT2D eigenvalue weighted by Crippen LogP contribution is -2.60. The van der Waals surface area contributed by atoms with Crippen LogP contribution in [-0.2, 0) is 9.53 Å². The van der Waals surface area contributed by atoms with E-state index in [1.54, 1.807) is 0 Å². The predicted molar refractivity (Wildman–Crippen MR) is 65.9 cm³/mol. The highest BCUT2D eigenvalue weighted by Gasteiger charge is 2.34. The molecule has 0 radical (unpaired) electrons. The van der Waals surface area contributed by atoms with Gasteiger partial charge in [0.2, 0.25) is 0 Å². The Bertz CT molecular complexity index is 254. The Hall–Kier alpha value is -0.650. The van der Waals surface area contributed by atoms with Crippen LogP contribution in [0.15, 0.2) is 0 Å². The van der Waals surface area contributed by atoms with Crippen LogP contribution in [0.4, 0.5) is 0 Å². The molecule has 2 fully saturated rings. The molecule has 2 aliphatic rings. The molecule has 2 rings (SSSR count). The predicted octanol–water partition coefficient (Wildman–Crippen LogP) is -0.425. The summed E-state index contributed by atoms with van der Waals surface area (Å²) in [4.78, 5) is 14.3. The molecule has 0 aromatic carbocycles. The first kappa shape index (κ1) is 12.8. The number of hydrogen-bond acceptors (Lipinski definition) is 5. The third-order valence-corrected chi connectivity index (χ3v) is 3.62. The van der Waals surface area contributed by atoms with Crippen molar-refractivity contribution in [2.75, 3.05) is 39.3 Å². The van der Waals surface area contributed by atoms with Crippen molar-refractivity contribution in [2.24, 2.45) is 0 Å². The van der Waals surface area contributed by atoms with Gasteiger partial charge in [0.05, 0.1) is 6.61 Å². The quantitative estimate of drug-likeness (QED) is 0.657. The average molecular weight is 241 g/mol. The molecule has 0 saturated carbocycles. The Kier molecular flexibility index (Phi) is 4.76. The maximum atomic E-state index is 11.9. The van der Waals surface area contributed by atoms with Crippen molar-refractivity contribution in [1.82, 2.24) is 15.5 Å². The Morgan fingerprint density at radius 2 is 2.06 bits per heavy atom. The van der Waals surface area contributed by atoms with Gasteiger partial charge < -0.3 is 15.4 Å². The second kappa shape index (κ2) is 6.33. The Labute approximate surface area is 103 Å². The molecule has 2 N–H and O–H groups in total. The van der Waals surface area contributed by atoms with Crippen LogP contribution in [0.3, 0.4) is 0 Å². The number of piperidine rings is 1. The van der Waals surface area contributed by atoms with Gasteiger partial charge in [-0.1, -0.05) is 0 Å². The van der Waals surface area contributed by atoms with Crippen LogP contribution in [0, 0.1) is 0 Å². The SMILES string of the molecule is CCOC(=O)C1CNCCN1C1CCNCC1. The van der Waals surface area contributed by atoms with Crippen LogP contribution in [0.2, 0.25) is 0 Å². The first-order valence-electron chi connectivity index (χ1n) is 6.66. The largest absolute Gasteiger partial charge is 0.465 e. The van der Waals surface area contributed by atoms with Crippen molar-refractivity contribution in [3.05, 3.63) is 0 Å².